The number of unbranched alkanes of at least 4 members (excludes halogenated alkanes) is 1. The first-order chi connectivity index (χ1) is 23.5. The van der Waals surface area contributed by atoms with Crippen molar-refractivity contribution in [3.05, 3.63) is 167 Å². The molecule has 0 saturated heterocycles. The van der Waals surface area contributed by atoms with Crippen LogP contribution in [-0.4, -0.2) is 36.4 Å². The fraction of sp³-hybridized carbons (Fsp3) is 0.238. The summed E-state index contributed by atoms with van der Waals surface area (Å²) < 4.78 is 5.72. The van der Waals surface area contributed by atoms with Gasteiger partial charge in [-0.05, 0) is 65.3 Å². The van der Waals surface area contributed by atoms with Crippen molar-refractivity contribution >= 4 is 12.1 Å². The molecule has 6 heteroatoms. The largest absolute Gasteiger partial charge is 0.481 e. The molecule has 0 bridgehead atoms. The summed E-state index contributed by atoms with van der Waals surface area (Å²) in [5.41, 5.74) is 8.63. The van der Waals surface area contributed by atoms with Crippen molar-refractivity contribution in [3.63, 3.8) is 0 Å². The van der Waals surface area contributed by atoms with E-state index in [1.54, 1.807) is 0 Å². The third-order valence-corrected chi connectivity index (χ3v) is 9.35. The smallest absolute Gasteiger partial charge is 0.407 e. The fourth-order valence-electron chi connectivity index (χ4n) is 7.02. The van der Waals surface area contributed by atoms with Crippen LogP contribution in [0.2, 0.25) is 0 Å². The number of carboxylic acids is 1. The zero-order valence-corrected chi connectivity index (χ0v) is 27.3. The molecule has 48 heavy (non-hydrogen) atoms. The van der Waals surface area contributed by atoms with E-state index in [0.29, 0.717) is 13.0 Å². The summed E-state index contributed by atoms with van der Waals surface area (Å²) >= 11 is 0. The SMILES string of the molecule is Cc1ccc(C(NCCCC[C@H](CC(=O)O)NC(=O)OCC2c3ccccc3-c3ccccc32)(c2ccccc2)c2ccccc2)cc1. The van der Waals surface area contributed by atoms with Crippen molar-refractivity contribution < 1.29 is 19.4 Å². The first kappa shape index (κ1) is 32.7. The van der Waals surface area contributed by atoms with Gasteiger partial charge in [-0.15, -0.1) is 0 Å². The molecule has 0 fully saturated rings. The van der Waals surface area contributed by atoms with Crippen LogP contribution in [0.15, 0.2) is 133 Å². The van der Waals surface area contributed by atoms with Crippen molar-refractivity contribution in [2.45, 2.75) is 50.1 Å². The van der Waals surface area contributed by atoms with E-state index in [4.69, 9.17) is 4.74 Å². The highest BCUT2D eigenvalue weighted by atomic mass is 16.5. The average molecular weight is 639 g/mol. The highest BCUT2D eigenvalue weighted by Gasteiger charge is 2.35. The van der Waals surface area contributed by atoms with Crippen LogP contribution in [0.3, 0.4) is 0 Å². The molecule has 0 aromatic heterocycles. The normalized spacial score (nSPS) is 12.9. The lowest BCUT2D eigenvalue weighted by Gasteiger charge is -2.37. The maximum Gasteiger partial charge on any atom is 0.407 e. The highest BCUT2D eigenvalue weighted by Crippen LogP contribution is 2.44. The predicted molar refractivity (Wildman–Crippen MR) is 190 cm³/mol. The molecular formula is C42H42N2O4. The standard InChI is InChI=1S/C42H42N2O4/c1-30-23-25-33(26-24-30)42(31-14-4-2-5-15-31,32-16-6-3-7-17-32)43-27-13-12-18-34(28-40(45)46)44-41(47)48-29-39-37-21-10-8-19-35(37)36-20-9-11-22-38(36)39/h2-11,14-17,19-26,34,39,43H,12-13,18,27-29H2,1H3,(H,44,47)(H,45,46)/t34-/m1/s1. The van der Waals surface area contributed by atoms with Gasteiger partial charge in [-0.1, -0.05) is 145 Å². The van der Waals surface area contributed by atoms with Crippen LogP contribution in [0.5, 0.6) is 0 Å². The van der Waals surface area contributed by atoms with Crippen LogP contribution >= 0.6 is 0 Å². The highest BCUT2D eigenvalue weighted by molar-refractivity contribution is 5.79. The zero-order valence-electron chi connectivity index (χ0n) is 27.3. The number of aryl methyl sites for hydroxylation is 1. The fourth-order valence-corrected chi connectivity index (χ4v) is 7.02. The molecule has 0 radical (unpaired) electrons. The quantitative estimate of drug-likeness (QED) is 0.0840. The second kappa shape index (κ2) is 15.1. The molecule has 0 saturated carbocycles. The molecule has 1 atom stereocenters. The van der Waals surface area contributed by atoms with Gasteiger partial charge in [0.25, 0.3) is 0 Å². The number of carbonyl (C=O) groups is 2. The van der Waals surface area contributed by atoms with Crippen molar-refractivity contribution in [2.75, 3.05) is 13.2 Å². The second-order valence-electron chi connectivity index (χ2n) is 12.5. The summed E-state index contributed by atoms with van der Waals surface area (Å²) in [4.78, 5) is 24.7. The number of carbonyl (C=O) groups excluding carboxylic acids is 1. The maximum absolute atomic E-state index is 13.0. The Morgan fingerprint density at radius 3 is 1.79 bits per heavy atom. The van der Waals surface area contributed by atoms with E-state index >= 15 is 0 Å². The van der Waals surface area contributed by atoms with Gasteiger partial charge in [-0.3, -0.25) is 10.1 Å². The lowest BCUT2D eigenvalue weighted by Crippen LogP contribution is -2.45. The monoisotopic (exact) mass is 638 g/mol. The third kappa shape index (κ3) is 7.19. The van der Waals surface area contributed by atoms with Crippen LogP contribution in [-0.2, 0) is 15.1 Å². The number of rotatable bonds is 14. The number of ether oxygens (including phenoxy) is 1. The van der Waals surface area contributed by atoms with E-state index in [1.807, 2.05) is 36.4 Å². The number of hydrogen-bond donors (Lipinski definition) is 3. The van der Waals surface area contributed by atoms with Crippen molar-refractivity contribution in [3.8, 4) is 11.1 Å². The third-order valence-electron chi connectivity index (χ3n) is 9.35. The van der Waals surface area contributed by atoms with Crippen molar-refractivity contribution in [2.24, 2.45) is 0 Å². The van der Waals surface area contributed by atoms with Crippen molar-refractivity contribution in [1.29, 1.82) is 0 Å². The lowest BCUT2D eigenvalue weighted by atomic mass is 9.76. The van der Waals surface area contributed by atoms with Gasteiger partial charge < -0.3 is 15.2 Å². The van der Waals surface area contributed by atoms with Crippen LogP contribution in [0, 0.1) is 6.92 Å². The van der Waals surface area contributed by atoms with Gasteiger partial charge in [0.05, 0.1) is 12.0 Å². The van der Waals surface area contributed by atoms with Crippen molar-refractivity contribution in [1.82, 2.24) is 10.6 Å². The topological polar surface area (TPSA) is 87.7 Å². The number of hydrogen-bond acceptors (Lipinski definition) is 4. The Hall–Kier alpha value is -5.20. The van der Waals surface area contributed by atoms with E-state index in [0.717, 1.165) is 51.8 Å². The van der Waals surface area contributed by atoms with E-state index in [9.17, 15) is 14.7 Å². The summed E-state index contributed by atoms with van der Waals surface area (Å²) in [7, 11) is 0. The van der Waals surface area contributed by atoms with Crippen LogP contribution in [0.25, 0.3) is 11.1 Å². The Morgan fingerprint density at radius 1 is 0.708 bits per heavy atom. The minimum absolute atomic E-state index is 0.0600. The molecule has 0 heterocycles. The molecular weight excluding hydrogens is 596 g/mol. The molecule has 6 rings (SSSR count). The average Bonchev–Trinajstić information content (AvgIpc) is 3.43. The van der Waals surface area contributed by atoms with Gasteiger partial charge in [0.15, 0.2) is 0 Å². The molecule has 244 valence electrons. The molecule has 0 spiro atoms. The molecule has 1 aliphatic carbocycles. The number of benzene rings is 5. The Bertz CT molecular complexity index is 1740. The lowest BCUT2D eigenvalue weighted by molar-refractivity contribution is -0.137. The number of nitrogens with one attached hydrogen (secondary N) is 2. The Kier molecular flexibility index (Phi) is 10.3. The van der Waals surface area contributed by atoms with Gasteiger partial charge in [-0.2, -0.15) is 0 Å². The summed E-state index contributed by atoms with van der Waals surface area (Å²) in [6.07, 6.45) is 1.27. The summed E-state index contributed by atoms with van der Waals surface area (Å²) in [6, 6.07) is 45.4. The number of aliphatic carboxylic acids is 1. The van der Waals surface area contributed by atoms with Crippen LogP contribution in [0.4, 0.5) is 4.79 Å². The van der Waals surface area contributed by atoms with Gasteiger partial charge in [0.2, 0.25) is 0 Å². The van der Waals surface area contributed by atoms with E-state index < -0.39 is 23.6 Å². The number of fused-ring (bicyclic) bond motifs is 3. The van der Waals surface area contributed by atoms with Gasteiger partial charge in [-0.25, -0.2) is 4.79 Å². The second-order valence-corrected chi connectivity index (χ2v) is 12.5. The number of amides is 1. The Morgan fingerprint density at radius 2 is 1.23 bits per heavy atom. The van der Waals surface area contributed by atoms with E-state index in [1.165, 1.54) is 5.56 Å². The summed E-state index contributed by atoms with van der Waals surface area (Å²) in [5.74, 6) is -1.02. The first-order valence-electron chi connectivity index (χ1n) is 16.7. The van der Waals surface area contributed by atoms with Gasteiger partial charge >= 0.3 is 12.1 Å². The first-order valence-corrected chi connectivity index (χ1v) is 16.7. The maximum atomic E-state index is 13.0. The van der Waals surface area contributed by atoms with Gasteiger partial charge in [0, 0.05) is 12.0 Å². The number of carboxylic acid groups (broad SMARTS) is 1. The summed E-state index contributed by atoms with van der Waals surface area (Å²) in [6.45, 7) is 2.96. The number of alkyl carbamates (subject to hydrolysis) is 1. The molecule has 0 unspecified atom stereocenters. The predicted octanol–water partition coefficient (Wildman–Crippen LogP) is 8.43. The minimum Gasteiger partial charge on any atom is -0.481 e. The minimum atomic E-state index is -0.955. The molecule has 6 nitrogen and oxygen atoms in total. The van der Waals surface area contributed by atoms with E-state index in [2.05, 4.69) is 115 Å². The molecule has 1 aliphatic rings. The van der Waals surface area contributed by atoms with Crippen LogP contribution < -0.4 is 10.6 Å². The molecule has 5 aromatic carbocycles. The Labute approximate surface area is 282 Å². The molecule has 0 aliphatic heterocycles. The molecule has 1 amide bonds. The zero-order chi connectivity index (χ0) is 33.3. The molecule has 5 aromatic rings. The van der Waals surface area contributed by atoms with E-state index in [-0.39, 0.29) is 18.9 Å². The van der Waals surface area contributed by atoms with Gasteiger partial charge in [0.1, 0.15) is 6.61 Å². The summed E-state index contributed by atoms with van der Waals surface area (Å²) in [5, 5.41) is 16.4. The molecule has 3 N–H and O–H groups in total. The Balaban J connectivity index is 1.10. The van der Waals surface area contributed by atoms with Crippen LogP contribution in [0.1, 0.15) is 65.0 Å².